The fraction of sp³-hybridized carbons (Fsp3) is 0.500. The van der Waals surface area contributed by atoms with E-state index in [0.29, 0.717) is 11.3 Å². The molecule has 0 saturated carbocycles. The fourth-order valence-electron chi connectivity index (χ4n) is 1.80. The van der Waals surface area contributed by atoms with Crippen LogP contribution in [0.1, 0.15) is 48.5 Å². The molecule has 0 fully saturated rings. The number of benzene rings is 1. The van der Waals surface area contributed by atoms with Crippen molar-refractivity contribution in [2.75, 3.05) is 12.3 Å². The smallest absolute Gasteiger partial charge is 0.251 e. The molecule has 0 bridgehead atoms. The van der Waals surface area contributed by atoms with E-state index in [9.17, 15) is 4.79 Å². The molecule has 0 saturated heterocycles. The van der Waals surface area contributed by atoms with Crippen molar-refractivity contribution < 1.29 is 4.79 Å². The Hall–Kier alpha value is -1.51. The molecule has 94 valence electrons. The van der Waals surface area contributed by atoms with Gasteiger partial charge in [0.05, 0.1) is 0 Å². The summed E-state index contributed by atoms with van der Waals surface area (Å²) in [6, 6.07) is 5.43. The van der Waals surface area contributed by atoms with Crippen molar-refractivity contribution in [1.82, 2.24) is 5.32 Å². The molecule has 0 unspecified atom stereocenters. The zero-order valence-corrected chi connectivity index (χ0v) is 10.8. The Morgan fingerprint density at radius 2 is 2.00 bits per heavy atom. The SMILES string of the molecule is CCCCCCNC(=O)c1cc(C)cc(N)c1. The quantitative estimate of drug-likeness (QED) is 0.587. The molecular weight excluding hydrogens is 212 g/mol. The average Bonchev–Trinajstić information content (AvgIpc) is 2.27. The van der Waals surface area contributed by atoms with E-state index < -0.39 is 0 Å². The van der Waals surface area contributed by atoms with Gasteiger partial charge in [0.2, 0.25) is 0 Å². The van der Waals surface area contributed by atoms with Crippen LogP contribution in [0.3, 0.4) is 0 Å². The summed E-state index contributed by atoms with van der Waals surface area (Å²) >= 11 is 0. The number of amides is 1. The Labute approximate surface area is 103 Å². The number of carbonyl (C=O) groups excluding carboxylic acids is 1. The first-order valence-electron chi connectivity index (χ1n) is 6.29. The second-order valence-electron chi connectivity index (χ2n) is 4.45. The number of nitrogen functional groups attached to an aromatic ring is 1. The minimum Gasteiger partial charge on any atom is -0.399 e. The molecule has 1 amide bonds. The van der Waals surface area contributed by atoms with Gasteiger partial charge in [-0.2, -0.15) is 0 Å². The van der Waals surface area contributed by atoms with Gasteiger partial charge in [-0.05, 0) is 37.1 Å². The first-order valence-corrected chi connectivity index (χ1v) is 6.29. The molecule has 0 heterocycles. The fourth-order valence-corrected chi connectivity index (χ4v) is 1.80. The number of unbranched alkanes of at least 4 members (excludes halogenated alkanes) is 3. The Kier molecular flexibility index (Phi) is 5.53. The number of hydrogen-bond acceptors (Lipinski definition) is 2. The minimum atomic E-state index is -0.0306. The molecule has 3 N–H and O–H groups in total. The summed E-state index contributed by atoms with van der Waals surface area (Å²) in [6.07, 6.45) is 4.66. The van der Waals surface area contributed by atoms with E-state index in [-0.39, 0.29) is 5.91 Å². The highest BCUT2D eigenvalue weighted by Gasteiger charge is 2.05. The summed E-state index contributed by atoms with van der Waals surface area (Å²) in [4.78, 5) is 11.8. The van der Waals surface area contributed by atoms with Crippen molar-refractivity contribution in [1.29, 1.82) is 0 Å². The molecule has 1 aromatic carbocycles. The normalized spacial score (nSPS) is 10.2. The van der Waals surface area contributed by atoms with E-state index in [0.717, 1.165) is 18.5 Å². The lowest BCUT2D eigenvalue weighted by Crippen LogP contribution is -2.24. The molecule has 0 aliphatic carbocycles. The molecule has 0 aliphatic rings. The van der Waals surface area contributed by atoms with Gasteiger partial charge in [0.1, 0.15) is 0 Å². The van der Waals surface area contributed by atoms with E-state index in [4.69, 9.17) is 5.73 Å². The third kappa shape index (κ3) is 4.89. The molecule has 0 aliphatic heterocycles. The summed E-state index contributed by atoms with van der Waals surface area (Å²) in [5, 5.41) is 2.92. The van der Waals surface area contributed by atoms with Crippen molar-refractivity contribution in [3.05, 3.63) is 29.3 Å². The van der Waals surface area contributed by atoms with Crippen LogP contribution >= 0.6 is 0 Å². The number of anilines is 1. The molecule has 0 radical (unpaired) electrons. The highest BCUT2D eigenvalue weighted by molar-refractivity contribution is 5.95. The molecular formula is C14H22N2O. The third-order valence-corrected chi connectivity index (χ3v) is 2.68. The van der Waals surface area contributed by atoms with Crippen LogP contribution in [0, 0.1) is 6.92 Å². The van der Waals surface area contributed by atoms with Gasteiger partial charge in [-0.15, -0.1) is 0 Å². The maximum absolute atomic E-state index is 11.8. The van der Waals surface area contributed by atoms with Crippen molar-refractivity contribution in [3.63, 3.8) is 0 Å². The van der Waals surface area contributed by atoms with Gasteiger partial charge in [0.15, 0.2) is 0 Å². The number of nitrogens with two attached hydrogens (primary N) is 1. The van der Waals surface area contributed by atoms with Gasteiger partial charge >= 0.3 is 0 Å². The van der Waals surface area contributed by atoms with Crippen LogP contribution in [-0.4, -0.2) is 12.5 Å². The average molecular weight is 234 g/mol. The van der Waals surface area contributed by atoms with E-state index in [1.807, 2.05) is 19.1 Å². The van der Waals surface area contributed by atoms with E-state index >= 15 is 0 Å². The second kappa shape index (κ2) is 6.94. The highest BCUT2D eigenvalue weighted by atomic mass is 16.1. The maximum Gasteiger partial charge on any atom is 0.251 e. The molecule has 3 nitrogen and oxygen atoms in total. The number of hydrogen-bond donors (Lipinski definition) is 2. The Morgan fingerprint density at radius 3 is 2.65 bits per heavy atom. The minimum absolute atomic E-state index is 0.0306. The number of nitrogens with one attached hydrogen (secondary N) is 1. The number of carbonyl (C=O) groups is 1. The monoisotopic (exact) mass is 234 g/mol. The largest absolute Gasteiger partial charge is 0.399 e. The highest BCUT2D eigenvalue weighted by Crippen LogP contribution is 2.11. The molecule has 0 spiro atoms. The molecule has 17 heavy (non-hydrogen) atoms. The van der Waals surface area contributed by atoms with Crippen LogP contribution in [-0.2, 0) is 0 Å². The van der Waals surface area contributed by atoms with Gasteiger partial charge < -0.3 is 11.1 Å². The summed E-state index contributed by atoms with van der Waals surface area (Å²) in [7, 11) is 0. The summed E-state index contributed by atoms with van der Waals surface area (Å²) in [5.74, 6) is -0.0306. The van der Waals surface area contributed by atoms with Crippen molar-refractivity contribution in [2.24, 2.45) is 0 Å². The van der Waals surface area contributed by atoms with Gasteiger partial charge in [0.25, 0.3) is 5.91 Å². The predicted octanol–water partition coefficient (Wildman–Crippen LogP) is 2.89. The predicted molar refractivity (Wildman–Crippen MR) is 72.1 cm³/mol. The third-order valence-electron chi connectivity index (χ3n) is 2.68. The van der Waals surface area contributed by atoms with Crippen LogP contribution in [0.15, 0.2) is 18.2 Å². The van der Waals surface area contributed by atoms with Gasteiger partial charge in [0, 0.05) is 17.8 Å². The Balaban J connectivity index is 2.41. The zero-order valence-electron chi connectivity index (χ0n) is 10.8. The number of aryl methyl sites for hydroxylation is 1. The van der Waals surface area contributed by atoms with Crippen LogP contribution in [0.5, 0.6) is 0 Å². The van der Waals surface area contributed by atoms with E-state index in [1.54, 1.807) is 6.07 Å². The number of rotatable bonds is 6. The van der Waals surface area contributed by atoms with Crippen molar-refractivity contribution in [2.45, 2.75) is 39.5 Å². The Morgan fingerprint density at radius 1 is 1.24 bits per heavy atom. The van der Waals surface area contributed by atoms with Crippen molar-refractivity contribution in [3.8, 4) is 0 Å². The maximum atomic E-state index is 11.8. The van der Waals surface area contributed by atoms with Crippen LogP contribution in [0.4, 0.5) is 5.69 Å². The molecule has 1 aromatic rings. The topological polar surface area (TPSA) is 55.1 Å². The van der Waals surface area contributed by atoms with Gasteiger partial charge in [-0.25, -0.2) is 0 Å². The molecule has 0 aromatic heterocycles. The first kappa shape index (κ1) is 13.6. The zero-order chi connectivity index (χ0) is 12.7. The van der Waals surface area contributed by atoms with Gasteiger partial charge in [-0.1, -0.05) is 26.2 Å². The second-order valence-corrected chi connectivity index (χ2v) is 4.45. The lowest BCUT2D eigenvalue weighted by atomic mass is 10.1. The lowest BCUT2D eigenvalue weighted by Gasteiger charge is -2.06. The summed E-state index contributed by atoms with van der Waals surface area (Å²) in [6.45, 7) is 4.86. The lowest BCUT2D eigenvalue weighted by molar-refractivity contribution is 0.0953. The standard InChI is InChI=1S/C14H22N2O/c1-3-4-5-6-7-16-14(17)12-8-11(2)9-13(15)10-12/h8-10H,3-7,15H2,1-2H3,(H,16,17). The van der Waals surface area contributed by atoms with E-state index in [2.05, 4.69) is 12.2 Å². The first-order chi connectivity index (χ1) is 8.13. The van der Waals surface area contributed by atoms with Crippen molar-refractivity contribution >= 4 is 11.6 Å². The van der Waals surface area contributed by atoms with E-state index in [1.165, 1.54) is 19.3 Å². The van der Waals surface area contributed by atoms with Gasteiger partial charge in [-0.3, -0.25) is 4.79 Å². The van der Waals surface area contributed by atoms with Crippen LogP contribution in [0.25, 0.3) is 0 Å². The summed E-state index contributed by atoms with van der Waals surface area (Å²) in [5.41, 5.74) is 8.02. The van der Waals surface area contributed by atoms with Crippen LogP contribution < -0.4 is 11.1 Å². The van der Waals surface area contributed by atoms with Crippen LogP contribution in [0.2, 0.25) is 0 Å². The molecule has 0 atom stereocenters. The molecule has 3 heteroatoms. The molecule has 1 rings (SSSR count). The summed E-state index contributed by atoms with van der Waals surface area (Å²) < 4.78 is 0. The Bertz CT molecular complexity index is 354.